The number of hydrogen-bond acceptors (Lipinski definition) is 6. The van der Waals surface area contributed by atoms with Crippen molar-refractivity contribution in [2.45, 2.75) is 19.4 Å². The minimum Gasteiger partial charge on any atom is -0.379 e. The van der Waals surface area contributed by atoms with E-state index in [-0.39, 0.29) is 23.9 Å². The van der Waals surface area contributed by atoms with Crippen LogP contribution in [0.4, 0.5) is 27.3 Å². The maximum Gasteiger partial charge on any atom is 0.252 e. The monoisotopic (exact) mass is 434 g/mol. The van der Waals surface area contributed by atoms with Gasteiger partial charge in [0, 0.05) is 36.6 Å². The molecule has 1 saturated carbocycles. The first kappa shape index (κ1) is 21.2. The third kappa shape index (κ3) is 5.00. The minimum atomic E-state index is -0.633. The molecule has 1 fully saturated rings. The van der Waals surface area contributed by atoms with Gasteiger partial charge in [-0.25, -0.2) is 9.97 Å². The number of pyridine rings is 2. The lowest BCUT2D eigenvalue weighted by Gasteiger charge is -2.18. The number of rotatable bonds is 8. The Kier molecular flexibility index (Phi) is 5.98. The van der Waals surface area contributed by atoms with Crippen LogP contribution in [0.3, 0.4) is 0 Å². The van der Waals surface area contributed by atoms with Crippen molar-refractivity contribution >= 4 is 34.7 Å². The Labute approximate surface area is 184 Å². The topological polar surface area (TPSA) is 113 Å². The number of carbonyl (C=O) groups is 2. The maximum absolute atomic E-state index is 13.3. The number of nitrogens with one attached hydrogen (secondary N) is 2. The summed E-state index contributed by atoms with van der Waals surface area (Å²) in [7, 11) is 1.78. The number of benzene rings is 1. The smallest absolute Gasteiger partial charge is 0.252 e. The molecule has 0 saturated heterocycles. The standard InChI is InChI=1S/C23H23FN6O2/c1-30(23(32)14-5-6-14)17-9-7-15(8-10-17)29-21-11-19(18(13-27-21)22(25)31)26-12-16-3-2-4-20(24)28-16/h2-4,7-11,13-14H,5-6,12H2,1H3,(H2,25,31)(H2,26,27,29). The average Bonchev–Trinajstić information content (AvgIpc) is 3.63. The van der Waals surface area contributed by atoms with Gasteiger partial charge in [-0.15, -0.1) is 0 Å². The first-order valence-corrected chi connectivity index (χ1v) is 10.2. The van der Waals surface area contributed by atoms with Gasteiger partial charge in [-0.3, -0.25) is 9.59 Å². The first-order chi connectivity index (χ1) is 15.4. The molecular formula is C23H23FN6O2. The molecule has 4 N–H and O–H groups in total. The van der Waals surface area contributed by atoms with Gasteiger partial charge < -0.3 is 21.3 Å². The lowest BCUT2D eigenvalue weighted by Crippen LogP contribution is -2.27. The van der Waals surface area contributed by atoms with Crippen LogP contribution in [0.2, 0.25) is 0 Å². The zero-order valence-corrected chi connectivity index (χ0v) is 17.5. The molecule has 1 aliphatic rings. The molecule has 0 aliphatic heterocycles. The van der Waals surface area contributed by atoms with E-state index in [4.69, 9.17) is 5.73 Å². The summed E-state index contributed by atoms with van der Waals surface area (Å²) in [5.74, 6) is -0.437. The highest BCUT2D eigenvalue weighted by Crippen LogP contribution is 2.32. The van der Waals surface area contributed by atoms with Crippen LogP contribution in [0.5, 0.6) is 0 Å². The molecule has 0 bridgehead atoms. The second-order valence-corrected chi connectivity index (χ2v) is 7.63. The van der Waals surface area contributed by atoms with Crippen LogP contribution in [0.1, 0.15) is 28.9 Å². The van der Waals surface area contributed by atoms with Crippen molar-refractivity contribution in [1.82, 2.24) is 9.97 Å². The lowest BCUT2D eigenvalue weighted by molar-refractivity contribution is -0.119. The molecule has 1 aromatic carbocycles. The van der Waals surface area contributed by atoms with E-state index in [9.17, 15) is 14.0 Å². The Morgan fingerprint density at radius 1 is 1.19 bits per heavy atom. The zero-order valence-electron chi connectivity index (χ0n) is 17.5. The van der Waals surface area contributed by atoms with Gasteiger partial charge in [0.2, 0.25) is 11.9 Å². The molecule has 8 nitrogen and oxygen atoms in total. The molecule has 2 amide bonds. The largest absolute Gasteiger partial charge is 0.379 e. The third-order valence-electron chi connectivity index (χ3n) is 5.19. The molecule has 0 atom stereocenters. The number of nitrogens with zero attached hydrogens (tertiary/aromatic N) is 3. The van der Waals surface area contributed by atoms with Crippen molar-refractivity contribution in [3.63, 3.8) is 0 Å². The van der Waals surface area contributed by atoms with Gasteiger partial charge in [0.05, 0.1) is 23.5 Å². The Morgan fingerprint density at radius 2 is 1.94 bits per heavy atom. The second kappa shape index (κ2) is 9.01. The molecule has 164 valence electrons. The fourth-order valence-electron chi connectivity index (χ4n) is 3.25. The summed E-state index contributed by atoms with van der Waals surface area (Å²) >= 11 is 0. The highest BCUT2D eigenvalue weighted by atomic mass is 19.1. The summed E-state index contributed by atoms with van der Waals surface area (Å²) in [6.45, 7) is 0.206. The van der Waals surface area contributed by atoms with Crippen molar-refractivity contribution in [2.75, 3.05) is 22.6 Å². The molecule has 4 rings (SSSR count). The van der Waals surface area contributed by atoms with Crippen molar-refractivity contribution in [1.29, 1.82) is 0 Å². The summed E-state index contributed by atoms with van der Waals surface area (Å²) in [6.07, 6.45) is 3.30. The SMILES string of the molecule is CN(C(=O)C1CC1)c1ccc(Nc2cc(NCc3cccc(F)n3)c(C(N)=O)cn2)cc1. The van der Waals surface area contributed by atoms with E-state index < -0.39 is 11.9 Å². The highest BCUT2D eigenvalue weighted by Gasteiger charge is 2.32. The van der Waals surface area contributed by atoms with Crippen LogP contribution in [-0.4, -0.2) is 28.8 Å². The number of amides is 2. The van der Waals surface area contributed by atoms with E-state index in [1.54, 1.807) is 30.1 Å². The van der Waals surface area contributed by atoms with Gasteiger partial charge in [-0.05, 0) is 49.2 Å². The van der Waals surface area contributed by atoms with Gasteiger partial charge in [0.15, 0.2) is 0 Å². The molecule has 9 heteroatoms. The zero-order chi connectivity index (χ0) is 22.7. The fraction of sp³-hybridized carbons (Fsp3) is 0.217. The van der Waals surface area contributed by atoms with Crippen LogP contribution in [0.15, 0.2) is 54.7 Å². The maximum atomic E-state index is 13.3. The normalized spacial score (nSPS) is 12.8. The summed E-state index contributed by atoms with van der Waals surface area (Å²) in [5, 5.41) is 6.23. The number of carbonyl (C=O) groups excluding carboxylic acids is 2. The third-order valence-corrected chi connectivity index (χ3v) is 5.19. The van der Waals surface area contributed by atoms with E-state index in [1.165, 1.54) is 12.3 Å². The Morgan fingerprint density at radius 3 is 2.59 bits per heavy atom. The van der Waals surface area contributed by atoms with E-state index in [0.29, 0.717) is 17.2 Å². The van der Waals surface area contributed by atoms with Crippen LogP contribution >= 0.6 is 0 Å². The molecule has 2 heterocycles. The van der Waals surface area contributed by atoms with Crippen molar-refractivity contribution in [2.24, 2.45) is 11.7 Å². The second-order valence-electron chi connectivity index (χ2n) is 7.63. The van der Waals surface area contributed by atoms with Crippen LogP contribution in [-0.2, 0) is 11.3 Å². The Bertz CT molecular complexity index is 1150. The number of nitrogens with two attached hydrogens (primary N) is 1. The van der Waals surface area contributed by atoms with Crippen molar-refractivity contribution < 1.29 is 14.0 Å². The van der Waals surface area contributed by atoms with E-state index in [1.807, 2.05) is 24.3 Å². The van der Waals surface area contributed by atoms with Crippen LogP contribution in [0, 0.1) is 11.9 Å². The number of anilines is 4. The summed E-state index contributed by atoms with van der Waals surface area (Å²) < 4.78 is 13.3. The number of hydrogen-bond donors (Lipinski definition) is 3. The molecular weight excluding hydrogens is 411 g/mol. The molecule has 2 aromatic heterocycles. The lowest BCUT2D eigenvalue weighted by atomic mass is 10.2. The predicted molar refractivity (Wildman–Crippen MR) is 120 cm³/mol. The number of halogens is 1. The van der Waals surface area contributed by atoms with Gasteiger partial charge in [-0.1, -0.05) is 6.07 Å². The molecule has 0 unspecified atom stereocenters. The molecule has 3 aromatic rings. The first-order valence-electron chi connectivity index (χ1n) is 10.2. The van der Waals surface area contributed by atoms with Gasteiger partial charge in [0.1, 0.15) is 5.82 Å². The minimum absolute atomic E-state index is 0.137. The van der Waals surface area contributed by atoms with E-state index in [2.05, 4.69) is 20.6 Å². The van der Waals surface area contributed by atoms with E-state index >= 15 is 0 Å². The van der Waals surface area contributed by atoms with E-state index in [0.717, 1.165) is 24.2 Å². The highest BCUT2D eigenvalue weighted by molar-refractivity contribution is 5.98. The molecule has 1 aliphatic carbocycles. The predicted octanol–water partition coefficient (Wildman–Crippen LogP) is 3.44. The quantitative estimate of drug-likeness (QED) is 0.468. The van der Waals surface area contributed by atoms with Crippen LogP contribution < -0.4 is 21.3 Å². The molecule has 32 heavy (non-hydrogen) atoms. The Balaban J connectivity index is 1.47. The average molecular weight is 434 g/mol. The van der Waals surface area contributed by atoms with Gasteiger partial charge in [0.25, 0.3) is 5.91 Å². The van der Waals surface area contributed by atoms with Crippen LogP contribution in [0.25, 0.3) is 0 Å². The van der Waals surface area contributed by atoms with Gasteiger partial charge >= 0.3 is 0 Å². The summed E-state index contributed by atoms with van der Waals surface area (Å²) in [6, 6.07) is 13.6. The van der Waals surface area contributed by atoms with Gasteiger partial charge in [-0.2, -0.15) is 4.39 Å². The number of primary amides is 1. The summed E-state index contributed by atoms with van der Waals surface area (Å²) in [4.78, 5) is 33.7. The van der Waals surface area contributed by atoms with Crippen molar-refractivity contribution in [3.05, 3.63) is 71.9 Å². The number of aromatic nitrogens is 2. The summed E-state index contributed by atoms with van der Waals surface area (Å²) in [5.41, 5.74) is 8.18. The van der Waals surface area contributed by atoms with Crippen molar-refractivity contribution in [3.8, 4) is 0 Å². The Hall–Kier alpha value is -4.01. The molecule has 0 spiro atoms. The molecule has 0 radical (unpaired) electrons. The fourth-order valence-corrected chi connectivity index (χ4v) is 3.25.